The molecule has 1 aromatic carbocycles. The van der Waals surface area contributed by atoms with Gasteiger partial charge >= 0.3 is 0 Å². The van der Waals surface area contributed by atoms with E-state index in [1.807, 2.05) is 45.0 Å². The minimum atomic E-state index is -1.00. The molecule has 0 amide bonds. The van der Waals surface area contributed by atoms with Crippen molar-refractivity contribution in [3.63, 3.8) is 0 Å². The molecule has 0 bridgehead atoms. The maximum atomic E-state index is 11.4. The van der Waals surface area contributed by atoms with E-state index in [0.717, 1.165) is 4.90 Å². The molecule has 1 rings (SSSR count). The van der Waals surface area contributed by atoms with Gasteiger partial charge in [-0.1, -0.05) is 12.1 Å². The summed E-state index contributed by atoms with van der Waals surface area (Å²) in [5.41, 5.74) is -0.254. The van der Waals surface area contributed by atoms with Crippen LogP contribution in [0.4, 0.5) is 0 Å². The average Bonchev–Trinajstić information content (AvgIpc) is 2.01. The van der Waals surface area contributed by atoms with E-state index in [1.165, 1.54) is 0 Å². The summed E-state index contributed by atoms with van der Waals surface area (Å²) in [5.74, 6) is 0.709. The van der Waals surface area contributed by atoms with Crippen LogP contribution in [0.15, 0.2) is 29.2 Å². The van der Waals surface area contributed by atoms with Gasteiger partial charge in [-0.15, -0.1) is 0 Å². The van der Waals surface area contributed by atoms with Crippen molar-refractivity contribution in [3.05, 3.63) is 24.3 Å². The SMILES string of the molecule is CS(=O)c1ccccc1OC(C)(C)C. The van der Waals surface area contributed by atoms with Crippen molar-refractivity contribution in [2.45, 2.75) is 31.3 Å². The fourth-order valence-corrected chi connectivity index (χ4v) is 1.77. The summed E-state index contributed by atoms with van der Waals surface area (Å²) in [7, 11) is -1.00. The lowest BCUT2D eigenvalue weighted by atomic mass is 10.2. The predicted molar refractivity (Wildman–Crippen MR) is 59.2 cm³/mol. The van der Waals surface area contributed by atoms with Crippen LogP contribution in [0.25, 0.3) is 0 Å². The van der Waals surface area contributed by atoms with Crippen LogP contribution in [-0.4, -0.2) is 16.1 Å². The van der Waals surface area contributed by atoms with Crippen molar-refractivity contribution >= 4 is 10.8 Å². The molecule has 0 heterocycles. The van der Waals surface area contributed by atoms with Crippen molar-refractivity contribution in [1.82, 2.24) is 0 Å². The maximum absolute atomic E-state index is 11.4. The van der Waals surface area contributed by atoms with Gasteiger partial charge in [-0.3, -0.25) is 4.21 Å². The Hall–Kier alpha value is -0.830. The van der Waals surface area contributed by atoms with Crippen LogP contribution in [0.1, 0.15) is 20.8 Å². The number of ether oxygens (including phenoxy) is 1. The Bertz CT molecular complexity index is 339. The molecule has 0 aliphatic heterocycles. The van der Waals surface area contributed by atoms with Crippen molar-refractivity contribution in [3.8, 4) is 5.75 Å². The molecule has 0 saturated heterocycles. The number of hydrogen-bond acceptors (Lipinski definition) is 2. The highest BCUT2D eigenvalue weighted by molar-refractivity contribution is 7.84. The zero-order chi connectivity index (χ0) is 10.8. The standard InChI is InChI=1S/C11H16O2S/c1-11(2,3)13-9-7-5-6-8-10(9)14(4)12/h5-8H,1-4H3. The lowest BCUT2D eigenvalue weighted by molar-refractivity contribution is 0.126. The molecule has 2 nitrogen and oxygen atoms in total. The second kappa shape index (κ2) is 4.13. The summed E-state index contributed by atoms with van der Waals surface area (Å²) in [4.78, 5) is 0.752. The van der Waals surface area contributed by atoms with Crippen molar-refractivity contribution in [1.29, 1.82) is 0 Å². The van der Waals surface area contributed by atoms with Gasteiger partial charge in [0, 0.05) is 6.26 Å². The zero-order valence-electron chi connectivity index (χ0n) is 9.03. The molecular weight excluding hydrogens is 196 g/mol. The Morgan fingerprint density at radius 3 is 2.29 bits per heavy atom. The van der Waals surface area contributed by atoms with Gasteiger partial charge in [0.15, 0.2) is 0 Å². The second-order valence-corrected chi connectivity index (χ2v) is 5.46. The van der Waals surface area contributed by atoms with E-state index in [4.69, 9.17) is 4.74 Å². The number of rotatable bonds is 2. The molecule has 0 aliphatic carbocycles. The molecule has 0 saturated carbocycles. The highest BCUT2D eigenvalue weighted by atomic mass is 32.2. The van der Waals surface area contributed by atoms with Gasteiger partial charge in [-0.2, -0.15) is 0 Å². The largest absolute Gasteiger partial charge is 0.487 e. The Labute approximate surface area is 87.7 Å². The molecule has 3 heteroatoms. The summed E-state index contributed by atoms with van der Waals surface area (Å²) in [6, 6.07) is 7.43. The fourth-order valence-electron chi connectivity index (χ4n) is 1.10. The lowest BCUT2D eigenvalue weighted by Crippen LogP contribution is -2.23. The van der Waals surface area contributed by atoms with Crippen LogP contribution in [0.5, 0.6) is 5.75 Å². The normalized spacial score (nSPS) is 13.7. The molecule has 0 N–H and O–H groups in total. The lowest BCUT2D eigenvalue weighted by Gasteiger charge is -2.22. The molecule has 0 fully saturated rings. The Morgan fingerprint density at radius 2 is 1.79 bits per heavy atom. The summed E-state index contributed by atoms with van der Waals surface area (Å²) in [6.45, 7) is 5.92. The third-order valence-corrected chi connectivity index (χ3v) is 2.53. The van der Waals surface area contributed by atoms with Gasteiger partial charge in [-0.25, -0.2) is 0 Å². The summed E-state index contributed by atoms with van der Waals surface area (Å²) in [6.07, 6.45) is 1.66. The molecule has 0 spiro atoms. The van der Waals surface area contributed by atoms with E-state index < -0.39 is 10.8 Å². The van der Waals surface area contributed by atoms with Gasteiger partial charge in [-0.05, 0) is 32.9 Å². The van der Waals surface area contributed by atoms with Gasteiger partial charge in [0.25, 0.3) is 0 Å². The smallest absolute Gasteiger partial charge is 0.136 e. The van der Waals surface area contributed by atoms with Gasteiger partial charge < -0.3 is 4.74 Å². The summed E-state index contributed by atoms with van der Waals surface area (Å²) in [5, 5.41) is 0. The molecule has 14 heavy (non-hydrogen) atoms. The van der Waals surface area contributed by atoms with Gasteiger partial charge in [0.1, 0.15) is 11.4 Å². The topological polar surface area (TPSA) is 26.3 Å². The minimum Gasteiger partial charge on any atom is -0.487 e. The van der Waals surface area contributed by atoms with Gasteiger partial charge in [0.05, 0.1) is 15.7 Å². The van der Waals surface area contributed by atoms with Crippen LogP contribution in [-0.2, 0) is 10.8 Å². The minimum absolute atomic E-state index is 0.254. The molecule has 0 radical (unpaired) electrons. The number of benzene rings is 1. The third kappa shape index (κ3) is 3.14. The molecule has 0 aliphatic rings. The molecule has 0 aromatic heterocycles. The average molecular weight is 212 g/mol. The van der Waals surface area contributed by atoms with Crippen LogP contribution < -0.4 is 4.74 Å². The van der Waals surface area contributed by atoms with E-state index in [1.54, 1.807) is 6.26 Å². The summed E-state index contributed by atoms with van der Waals surface area (Å²) < 4.78 is 17.1. The van der Waals surface area contributed by atoms with Crippen molar-refractivity contribution in [2.24, 2.45) is 0 Å². The van der Waals surface area contributed by atoms with Crippen molar-refractivity contribution < 1.29 is 8.95 Å². The monoisotopic (exact) mass is 212 g/mol. The quantitative estimate of drug-likeness (QED) is 0.753. The van der Waals surface area contributed by atoms with E-state index in [0.29, 0.717) is 5.75 Å². The highest BCUT2D eigenvalue weighted by Crippen LogP contribution is 2.24. The zero-order valence-corrected chi connectivity index (χ0v) is 9.85. The number of hydrogen-bond donors (Lipinski definition) is 0. The molecule has 1 atom stereocenters. The Kier molecular flexibility index (Phi) is 3.32. The molecule has 1 aromatic rings. The van der Waals surface area contributed by atoms with E-state index in [9.17, 15) is 4.21 Å². The van der Waals surface area contributed by atoms with Crippen LogP contribution in [0.3, 0.4) is 0 Å². The van der Waals surface area contributed by atoms with Crippen molar-refractivity contribution in [2.75, 3.05) is 6.26 Å². The molecular formula is C11H16O2S. The van der Waals surface area contributed by atoms with E-state index in [2.05, 4.69) is 0 Å². The predicted octanol–water partition coefficient (Wildman–Crippen LogP) is 2.60. The highest BCUT2D eigenvalue weighted by Gasteiger charge is 2.15. The first-order valence-electron chi connectivity index (χ1n) is 4.51. The van der Waals surface area contributed by atoms with Crippen LogP contribution in [0, 0.1) is 0 Å². The van der Waals surface area contributed by atoms with Gasteiger partial charge in [0.2, 0.25) is 0 Å². The Morgan fingerprint density at radius 1 is 1.21 bits per heavy atom. The maximum Gasteiger partial charge on any atom is 0.136 e. The fraction of sp³-hybridized carbons (Fsp3) is 0.455. The first-order chi connectivity index (χ1) is 6.40. The first-order valence-corrected chi connectivity index (χ1v) is 6.07. The second-order valence-electron chi connectivity index (χ2n) is 4.12. The molecule has 78 valence electrons. The Balaban J connectivity index is 3.02. The molecule has 1 unspecified atom stereocenters. The first kappa shape index (κ1) is 11.2. The van der Waals surface area contributed by atoms with Crippen LogP contribution >= 0.6 is 0 Å². The summed E-state index contributed by atoms with van der Waals surface area (Å²) >= 11 is 0. The number of para-hydroxylation sites is 1. The van der Waals surface area contributed by atoms with E-state index in [-0.39, 0.29) is 5.60 Å². The van der Waals surface area contributed by atoms with E-state index >= 15 is 0 Å². The third-order valence-electron chi connectivity index (χ3n) is 1.57. The van der Waals surface area contributed by atoms with Crippen LogP contribution in [0.2, 0.25) is 0 Å².